The van der Waals surface area contributed by atoms with Crippen molar-refractivity contribution in [3.05, 3.63) is 29.8 Å². The number of fused-ring (bicyclic) bond motifs is 1. The van der Waals surface area contributed by atoms with E-state index in [1.54, 1.807) is 0 Å². The fourth-order valence-electron chi connectivity index (χ4n) is 1.78. The summed E-state index contributed by atoms with van der Waals surface area (Å²) in [7, 11) is 0. The normalized spacial score (nSPS) is 19.1. The van der Waals surface area contributed by atoms with Crippen LogP contribution in [0.3, 0.4) is 0 Å². The van der Waals surface area contributed by atoms with Crippen molar-refractivity contribution in [1.29, 1.82) is 0 Å². The van der Waals surface area contributed by atoms with Crippen molar-refractivity contribution in [3.8, 4) is 0 Å². The van der Waals surface area contributed by atoms with Crippen molar-refractivity contribution in [2.24, 2.45) is 0 Å². The Labute approximate surface area is 89.4 Å². The van der Waals surface area contributed by atoms with Gasteiger partial charge in [0.15, 0.2) is 0 Å². The second-order valence-corrected chi connectivity index (χ2v) is 3.59. The van der Waals surface area contributed by atoms with Crippen LogP contribution in [-0.2, 0) is 16.0 Å². The van der Waals surface area contributed by atoms with Crippen LogP contribution in [0.1, 0.15) is 18.4 Å². The minimum absolute atomic E-state index is 0.0354. The summed E-state index contributed by atoms with van der Waals surface area (Å²) in [5.41, 5.74) is 2.48. The first-order chi connectivity index (χ1) is 7.40. The van der Waals surface area contributed by atoms with Crippen molar-refractivity contribution in [3.63, 3.8) is 0 Å². The summed E-state index contributed by atoms with van der Waals surface area (Å²) < 4.78 is 5.51. The number of carbonyl (C=O) groups excluding carboxylic acids is 1. The number of hydrogen-bond acceptors (Lipinski definition) is 3. The van der Waals surface area contributed by atoms with Crippen LogP contribution < -0.4 is 5.32 Å². The van der Waals surface area contributed by atoms with Crippen LogP contribution in [0.2, 0.25) is 0 Å². The number of nitrogens with one attached hydrogen (secondary N) is 1. The molecule has 1 aliphatic rings. The molecular weight excluding hydrogens is 190 g/mol. The molecule has 1 radical (unpaired) electrons. The van der Waals surface area contributed by atoms with E-state index in [0.29, 0.717) is 13.0 Å². The highest BCUT2D eigenvalue weighted by Gasteiger charge is 2.16. The first-order valence-corrected chi connectivity index (χ1v) is 5.21. The van der Waals surface area contributed by atoms with Crippen LogP contribution in [-0.4, -0.2) is 19.1 Å². The number of ether oxygens (including phenoxy) is 1. The summed E-state index contributed by atoms with van der Waals surface area (Å²) in [4.78, 5) is 10.0. The van der Waals surface area contributed by atoms with Gasteiger partial charge in [-0.1, -0.05) is 18.2 Å². The topological polar surface area (TPSA) is 38.3 Å². The first kappa shape index (κ1) is 10.2. The molecule has 3 nitrogen and oxygen atoms in total. The Morgan fingerprint density at radius 2 is 2.33 bits per heavy atom. The highest BCUT2D eigenvalue weighted by Crippen LogP contribution is 2.24. The lowest BCUT2D eigenvalue weighted by atomic mass is 10.0. The van der Waals surface area contributed by atoms with Crippen molar-refractivity contribution in [1.82, 2.24) is 0 Å². The SMILES string of the molecule is O=[C]CCOC1CCc2ccccc2N1. The Balaban J connectivity index is 1.91. The molecule has 2 rings (SSSR count). The number of rotatable bonds is 4. The van der Waals surface area contributed by atoms with E-state index in [1.165, 1.54) is 5.56 Å². The fourth-order valence-corrected chi connectivity index (χ4v) is 1.78. The molecule has 15 heavy (non-hydrogen) atoms. The van der Waals surface area contributed by atoms with Crippen LogP contribution in [0.15, 0.2) is 24.3 Å². The molecule has 79 valence electrons. The van der Waals surface area contributed by atoms with E-state index < -0.39 is 0 Å². The Kier molecular flexibility index (Phi) is 3.35. The van der Waals surface area contributed by atoms with Crippen LogP contribution in [0, 0.1) is 0 Å². The summed E-state index contributed by atoms with van der Waals surface area (Å²) in [5.74, 6) is 0. The largest absolute Gasteiger partial charge is 0.360 e. The first-order valence-electron chi connectivity index (χ1n) is 5.21. The Hall–Kier alpha value is -1.35. The monoisotopic (exact) mass is 204 g/mol. The van der Waals surface area contributed by atoms with Gasteiger partial charge in [0.1, 0.15) is 6.23 Å². The number of aryl methyl sites for hydroxylation is 1. The second-order valence-electron chi connectivity index (χ2n) is 3.59. The van der Waals surface area contributed by atoms with Gasteiger partial charge < -0.3 is 10.1 Å². The quantitative estimate of drug-likeness (QED) is 0.761. The lowest BCUT2D eigenvalue weighted by Gasteiger charge is -2.26. The molecule has 0 aliphatic carbocycles. The molecule has 1 heterocycles. The van der Waals surface area contributed by atoms with E-state index in [4.69, 9.17) is 4.74 Å². The lowest BCUT2D eigenvalue weighted by Crippen LogP contribution is -2.28. The summed E-state index contributed by atoms with van der Waals surface area (Å²) in [5, 5.41) is 3.30. The fraction of sp³-hybridized carbons (Fsp3) is 0.417. The third-order valence-corrected chi connectivity index (χ3v) is 2.53. The van der Waals surface area contributed by atoms with Gasteiger partial charge in [0.05, 0.1) is 6.61 Å². The van der Waals surface area contributed by atoms with Crippen molar-refractivity contribution < 1.29 is 9.53 Å². The molecule has 0 bridgehead atoms. The summed E-state index contributed by atoms with van der Waals surface area (Å²) in [6, 6.07) is 8.23. The van der Waals surface area contributed by atoms with Gasteiger partial charge in [-0.25, -0.2) is 0 Å². The van der Waals surface area contributed by atoms with Crippen molar-refractivity contribution in [2.45, 2.75) is 25.5 Å². The zero-order valence-electron chi connectivity index (χ0n) is 8.53. The standard InChI is InChI=1S/C12H14NO2/c14-8-3-9-15-12-7-6-10-4-1-2-5-11(10)13-12/h1-2,4-5,12-13H,3,6-7,9H2. The summed E-state index contributed by atoms with van der Waals surface area (Å²) in [6.07, 6.45) is 4.19. The molecule has 0 saturated heterocycles. The molecule has 0 aromatic heterocycles. The van der Waals surface area contributed by atoms with Gasteiger partial charge in [0, 0.05) is 12.1 Å². The second kappa shape index (κ2) is 4.94. The van der Waals surface area contributed by atoms with Gasteiger partial charge in [-0.15, -0.1) is 0 Å². The minimum atomic E-state index is 0.0354. The third-order valence-electron chi connectivity index (χ3n) is 2.53. The van der Waals surface area contributed by atoms with E-state index >= 15 is 0 Å². The number of para-hydroxylation sites is 1. The number of anilines is 1. The van der Waals surface area contributed by atoms with Crippen LogP contribution in [0.4, 0.5) is 5.69 Å². The van der Waals surface area contributed by atoms with Crippen LogP contribution in [0.25, 0.3) is 0 Å². The van der Waals surface area contributed by atoms with E-state index in [1.807, 2.05) is 18.4 Å². The highest BCUT2D eigenvalue weighted by molar-refractivity contribution is 5.53. The minimum Gasteiger partial charge on any atom is -0.360 e. The van der Waals surface area contributed by atoms with E-state index in [9.17, 15) is 4.79 Å². The third kappa shape index (κ3) is 2.57. The zero-order valence-corrected chi connectivity index (χ0v) is 8.53. The van der Waals surface area contributed by atoms with Crippen molar-refractivity contribution in [2.75, 3.05) is 11.9 Å². The van der Waals surface area contributed by atoms with Gasteiger partial charge in [-0.3, -0.25) is 4.79 Å². The molecule has 0 amide bonds. The highest BCUT2D eigenvalue weighted by atomic mass is 16.5. The van der Waals surface area contributed by atoms with Gasteiger partial charge >= 0.3 is 0 Å². The average molecular weight is 204 g/mol. The molecule has 3 heteroatoms. The maximum Gasteiger partial charge on any atom is 0.200 e. The zero-order chi connectivity index (χ0) is 10.5. The van der Waals surface area contributed by atoms with E-state index in [-0.39, 0.29) is 6.23 Å². The smallest absolute Gasteiger partial charge is 0.200 e. The molecule has 1 aliphatic heterocycles. The molecule has 1 N–H and O–H groups in total. The Morgan fingerprint density at radius 1 is 1.47 bits per heavy atom. The van der Waals surface area contributed by atoms with Crippen molar-refractivity contribution >= 4 is 12.0 Å². The molecule has 1 unspecified atom stereocenters. The number of hydrogen-bond donors (Lipinski definition) is 1. The van der Waals surface area contributed by atoms with Gasteiger partial charge in [0.25, 0.3) is 0 Å². The Bertz CT molecular complexity index is 338. The maximum atomic E-state index is 10.0. The molecule has 1 aromatic rings. The van der Waals surface area contributed by atoms with Gasteiger partial charge in [-0.2, -0.15) is 0 Å². The lowest BCUT2D eigenvalue weighted by molar-refractivity contribution is 0.0692. The summed E-state index contributed by atoms with van der Waals surface area (Å²) >= 11 is 0. The van der Waals surface area contributed by atoms with Crippen LogP contribution in [0.5, 0.6) is 0 Å². The predicted octanol–water partition coefficient (Wildman–Crippen LogP) is 1.89. The van der Waals surface area contributed by atoms with E-state index in [2.05, 4.69) is 17.4 Å². The van der Waals surface area contributed by atoms with Gasteiger partial charge in [0.2, 0.25) is 6.29 Å². The molecule has 0 saturated carbocycles. The number of benzene rings is 1. The summed E-state index contributed by atoms with van der Waals surface area (Å²) in [6.45, 7) is 0.448. The Morgan fingerprint density at radius 3 is 3.20 bits per heavy atom. The molecule has 0 fully saturated rings. The molecule has 1 aromatic carbocycles. The maximum absolute atomic E-state index is 10.0. The molecule has 1 atom stereocenters. The van der Waals surface area contributed by atoms with E-state index in [0.717, 1.165) is 18.5 Å². The molecular formula is C12H14NO2. The molecule has 0 spiro atoms. The predicted molar refractivity (Wildman–Crippen MR) is 58.4 cm³/mol. The van der Waals surface area contributed by atoms with Crippen LogP contribution >= 0.6 is 0 Å². The van der Waals surface area contributed by atoms with Gasteiger partial charge in [-0.05, 0) is 24.5 Å². The average Bonchev–Trinajstić information content (AvgIpc) is 2.29.